The second-order valence-electron chi connectivity index (χ2n) is 5.54. The van der Waals surface area contributed by atoms with Crippen LogP contribution >= 0.6 is 0 Å². The first-order valence-electron chi connectivity index (χ1n) is 7.24. The Kier molecular flexibility index (Phi) is 4.25. The first-order valence-corrected chi connectivity index (χ1v) is 7.24. The first-order chi connectivity index (χ1) is 9.62. The summed E-state index contributed by atoms with van der Waals surface area (Å²) in [5, 5.41) is 8.86. The Labute approximate surface area is 121 Å². The van der Waals surface area contributed by atoms with Crippen molar-refractivity contribution in [2.75, 3.05) is 0 Å². The number of benzene rings is 2. The molecule has 20 heavy (non-hydrogen) atoms. The molecule has 2 aromatic rings. The van der Waals surface area contributed by atoms with Gasteiger partial charge in [-0.1, -0.05) is 57.2 Å². The van der Waals surface area contributed by atoms with Gasteiger partial charge in [0.25, 0.3) is 0 Å². The third-order valence-electron chi connectivity index (χ3n) is 4.47. The van der Waals surface area contributed by atoms with Gasteiger partial charge in [-0.05, 0) is 47.1 Å². The summed E-state index contributed by atoms with van der Waals surface area (Å²) in [5.74, 6) is 0. The Morgan fingerprint density at radius 1 is 0.950 bits per heavy atom. The Hall–Kier alpha value is -2.07. The molecule has 0 saturated heterocycles. The number of rotatable bonds is 4. The molecule has 0 aromatic heterocycles. The number of nitrogens with zero attached hydrogens (tertiary/aromatic N) is 1. The fraction of sp³-hybridized carbons (Fsp3) is 0.316. The van der Waals surface area contributed by atoms with E-state index in [-0.39, 0.29) is 5.41 Å². The maximum atomic E-state index is 8.86. The summed E-state index contributed by atoms with van der Waals surface area (Å²) in [4.78, 5) is 0. The molecule has 0 spiro atoms. The summed E-state index contributed by atoms with van der Waals surface area (Å²) in [5.41, 5.74) is 4.73. The molecule has 0 atom stereocenters. The lowest BCUT2D eigenvalue weighted by molar-refractivity contribution is 0.439. The molecule has 0 radical (unpaired) electrons. The Balaban J connectivity index is 2.41. The Morgan fingerprint density at radius 2 is 1.60 bits per heavy atom. The van der Waals surface area contributed by atoms with Gasteiger partial charge in [0.2, 0.25) is 0 Å². The van der Waals surface area contributed by atoms with E-state index < -0.39 is 0 Å². The van der Waals surface area contributed by atoms with Gasteiger partial charge in [-0.2, -0.15) is 5.26 Å². The van der Waals surface area contributed by atoms with Crippen molar-refractivity contribution in [1.82, 2.24) is 0 Å². The van der Waals surface area contributed by atoms with Crippen LogP contribution in [0.2, 0.25) is 0 Å². The minimum atomic E-state index is 0.239. The quantitative estimate of drug-likeness (QED) is 0.734. The molecule has 2 rings (SSSR count). The van der Waals surface area contributed by atoms with E-state index in [0.29, 0.717) is 5.56 Å². The maximum Gasteiger partial charge on any atom is 0.0991 e. The standard InChI is InChI=1S/C19H21N/c1-4-19(3,5-2)18-8-6-7-17(13-18)16-11-9-15(14-20)10-12-16/h6-13H,4-5H2,1-3H3. The van der Waals surface area contributed by atoms with Crippen LogP contribution < -0.4 is 0 Å². The molecule has 0 unspecified atom stereocenters. The molecule has 0 bridgehead atoms. The van der Waals surface area contributed by atoms with Gasteiger partial charge in [0, 0.05) is 0 Å². The highest BCUT2D eigenvalue weighted by Crippen LogP contribution is 2.33. The molecule has 102 valence electrons. The second kappa shape index (κ2) is 5.92. The topological polar surface area (TPSA) is 23.8 Å². The summed E-state index contributed by atoms with van der Waals surface area (Å²) >= 11 is 0. The van der Waals surface area contributed by atoms with Crippen LogP contribution in [0, 0.1) is 11.3 Å². The van der Waals surface area contributed by atoms with Crippen molar-refractivity contribution in [3.8, 4) is 17.2 Å². The van der Waals surface area contributed by atoms with E-state index in [1.54, 1.807) is 0 Å². The maximum absolute atomic E-state index is 8.86. The van der Waals surface area contributed by atoms with Crippen molar-refractivity contribution in [2.24, 2.45) is 0 Å². The summed E-state index contributed by atoms with van der Waals surface area (Å²) < 4.78 is 0. The average molecular weight is 263 g/mol. The third kappa shape index (κ3) is 2.75. The van der Waals surface area contributed by atoms with Crippen molar-refractivity contribution in [2.45, 2.75) is 39.0 Å². The van der Waals surface area contributed by atoms with Crippen LogP contribution in [-0.2, 0) is 5.41 Å². The molecule has 0 saturated carbocycles. The SMILES string of the molecule is CCC(C)(CC)c1cccc(-c2ccc(C#N)cc2)c1. The zero-order valence-corrected chi connectivity index (χ0v) is 12.5. The minimum Gasteiger partial charge on any atom is -0.192 e. The van der Waals surface area contributed by atoms with Gasteiger partial charge >= 0.3 is 0 Å². The van der Waals surface area contributed by atoms with Gasteiger partial charge in [0.1, 0.15) is 0 Å². The third-order valence-corrected chi connectivity index (χ3v) is 4.47. The van der Waals surface area contributed by atoms with Gasteiger partial charge in [-0.15, -0.1) is 0 Å². The van der Waals surface area contributed by atoms with E-state index in [2.05, 4.69) is 51.1 Å². The predicted octanol–water partition coefficient (Wildman–Crippen LogP) is 5.30. The fourth-order valence-electron chi connectivity index (χ4n) is 2.47. The summed E-state index contributed by atoms with van der Waals surface area (Å²) in [6.45, 7) is 6.82. The van der Waals surface area contributed by atoms with Crippen molar-refractivity contribution in [1.29, 1.82) is 5.26 Å². The molecule has 1 heteroatoms. The minimum absolute atomic E-state index is 0.239. The van der Waals surface area contributed by atoms with Crippen molar-refractivity contribution < 1.29 is 0 Å². The van der Waals surface area contributed by atoms with Gasteiger partial charge in [0.15, 0.2) is 0 Å². The molecule has 0 fully saturated rings. The van der Waals surface area contributed by atoms with Crippen molar-refractivity contribution >= 4 is 0 Å². The van der Waals surface area contributed by atoms with E-state index in [1.807, 2.05) is 24.3 Å². The van der Waals surface area contributed by atoms with E-state index in [4.69, 9.17) is 5.26 Å². The summed E-state index contributed by atoms with van der Waals surface area (Å²) in [6, 6.07) is 18.7. The Bertz CT molecular complexity index is 613. The molecular formula is C19H21N. The molecule has 0 amide bonds. The summed E-state index contributed by atoms with van der Waals surface area (Å²) in [7, 11) is 0. The van der Waals surface area contributed by atoms with Crippen LogP contribution in [0.15, 0.2) is 48.5 Å². The summed E-state index contributed by atoms with van der Waals surface area (Å²) in [6.07, 6.45) is 2.28. The normalized spacial score (nSPS) is 11.1. The van der Waals surface area contributed by atoms with E-state index in [1.165, 1.54) is 16.7 Å². The van der Waals surface area contributed by atoms with Crippen molar-refractivity contribution in [3.05, 3.63) is 59.7 Å². The van der Waals surface area contributed by atoms with Crippen LogP contribution in [-0.4, -0.2) is 0 Å². The zero-order valence-electron chi connectivity index (χ0n) is 12.5. The largest absolute Gasteiger partial charge is 0.192 e. The smallest absolute Gasteiger partial charge is 0.0991 e. The molecule has 1 nitrogen and oxygen atoms in total. The first kappa shape index (κ1) is 14.3. The van der Waals surface area contributed by atoms with E-state index in [9.17, 15) is 0 Å². The lowest BCUT2D eigenvalue weighted by Gasteiger charge is -2.27. The van der Waals surface area contributed by atoms with Crippen LogP contribution in [0.5, 0.6) is 0 Å². The number of hydrogen-bond acceptors (Lipinski definition) is 1. The molecular weight excluding hydrogens is 242 g/mol. The zero-order chi connectivity index (χ0) is 14.6. The Morgan fingerprint density at radius 3 is 2.15 bits per heavy atom. The fourth-order valence-corrected chi connectivity index (χ4v) is 2.47. The van der Waals surface area contributed by atoms with Crippen LogP contribution in [0.25, 0.3) is 11.1 Å². The number of hydrogen-bond donors (Lipinski definition) is 0. The highest BCUT2D eigenvalue weighted by atomic mass is 14.3. The van der Waals surface area contributed by atoms with Crippen LogP contribution in [0.4, 0.5) is 0 Å². The van der Waals surface area contributed by atoms with E-state index in [0.717, 1.165) is 12.8 Å². The predicted molar refractivity (Wildman–Crippen MR) is 84.5 cm³/mol. The van der Waals surface area contributed by atoms with Crippen molar-refractivity contribution in [3.63, 3.8) is 0 Å². The lowest BCUT2D eigenvalue weighted by Crippen LogP contribution is -2.19. The second-order valence-corrected chi connectivity index (χ2v) is 5.54. The van der Waals surface area contributed by atoms with Gasteiger partial charge < -0.3 is 0 Å². The van der Waals surface area contributed by atoms with E-state index >= 15 is 0 Å². The molecule has 0 aliphatic carbocycles. The van der Waals surface area contributed by atoms with Gasteiger partial charge in [0.05, 0.1) is 11.6 Å². The van der Waals surface area contributed by atoms with Crippen LogP contribution in [0.3, 0.4) is 0 Å². The highest BCUT2D eigenvalue weighted by Gasteiger charge is 2.22. The van der Waals surface area contributed by atoms with Gasteiger partial charge in [-0.3, -0.25) is 0 Å². The molecule has 0 N–H and O–H groups in total. The molecule has 0 heterocycles. The number of nitriles is 1. The van der Waals surface area contributed by atoms with Crippen LogP contribution in [0.1, 0.15) is 44.7 Å². The highest BCUT2D eigenvalue weighted by molar-refractivity contribution is 5.65. The average Bonchev–Trinajstić information content (AvgIpc) is 2.54. The van der Waals surface area contributed by atoms with Gasteiger partial charge in [-0.25, -0.2) is 0 Å². The molecule has 0 aliphatic heterocycles. The lowest BCUT2D eigenvalue weighted by atomic mass is 9.77. The monoisotopic (exact) mass is 263 g/mol. The molecule has 2 aromatic carbocycles. The molecule has 0 aliphatic rings.